The summed E-state index contributed by atoms with van der Waals surface area (Å²) in [6.07, 6.45) is 1.78. The highest BCUT2D eigenvalue weighted by molar-refractivity contribution is 8.00. The predicted octanol–water partition coefficient (Wildman–Crippen LogP) is 4.64. The summed E-state index contributed by atoms with van der Waals surface area (Å²) >= 11 is 1.44. The van der Waals surface area contributed by atoms with Gasteiger partial charge in [0.05, 0.1) is 12.6 Å². The van der Waals surface area contributed by atoms with E-state index in [1.807, 2.05) is 61.8 Å². The summed E-state index contributed by atoms with van der Waals surface area (Å²) in [7, 11) is 0. The van der Waals surface area contributed by atoms with E-state index in [0.717, 1.165) is 46.8 Å². The minimum atomic E-state index is -0.417. The lowest BCUT2D eigenvalue weighted by Gasteiger charge is -2.33. The van der Waals surface area contributed by atoms with Gasteiger partial charge in [-0.05, 0) is 68.1 Å². The number of aryl methyl sites for hydroxylation is 3. The van der Waals surface area contributed by atoms with Gasteiger partial charge >= 0.3 is 0 Å². The topological polar surface area (TPSA) is 81.1 Å². The van der Waals surface area contributed by atoms with Gasteiger partial charge in [0, 0.05) is 12.1 Å². The van der Waals surface area contributed by atoms with E-state index in [0.29, 0.717) is 11.8 Å². The van der Waals surface area contributed by atoms with Crippen LogP contribution in [0.1, 0.15) is 48.8 Å². The van der Waals surface area contributed by atoms with Crippen molar-refractivity contribution >= 4 is 23.4 Å². The van der Waals surface area contributed by atoms with Crippen LogP contribution in [0.4, 0.5) is 5.69 Å². The van der Waals surface area contributed by atoms with Crippen molar-refractivity contribution in [1.29, 1.82) is 0 Å². The molecule has 1 aliphatic rings. The number of thioether (sulfide) groups is 1. The van der Waals surface area contributed by atoms with Crippen LogP contribution in [-0.4, -0.2) is 32.6 Å². The SMILES string of the molecule is CCCc1nnc2n1NC(c1ccc(OCC)cc1)C(C(=O)Nc1cc(C)cc(C)c1)S2. The number of carbonyl (C=O) groups excluding carboxylic acids is 1. The Morgan fingerprint density at radius 2 is 1.84 bits per heavy atom. The van der Waals surface area contributed by atoms with Crippen LogP contribution >= 0.6 is 11.8 Å². The summed E-state index contributed by atoms with van der Waals surface area (Å²) in [5, 5.41) is 12.0. The van der Waals surface area contributed by atoms with Gasteiger partial charge in [0.1, 0.15) is 11.0 Å². The predicted molar refractivity (Wildman–Crippen MR) is 128 cm³/mol. The van der Waals surface area contributed by atoms with E-state index < -0.39 is 5.25 Å². The molecule has 2 atom stereocenters. The van der Waals surface area contributed by atoms with E-state index in [9.17, 15) is 4.79 Å². The van der Waals surface area contributed by atoms with Crippen LogP contribution in [0.15, 0.2) is 47.6 Å². The number of nitrogens with one attached hydrogen (secondary N) is 2. The van der Waals surface area contributed by atoms with Crippen molar-refractivity contribution in [2.45, 2.75) is 57.0 Å². The Bertz CT molecular complexity index is 1080. The van der Waals surface area contributed by atoms with Gasteiger partial charge in [0.2, 0.25) is 11.1 Å². The van der Waals surface area contributed by atoms with E-state index in [1.54, 1.807) is 0 Å². The second-order valence-corrected chi connectivity index (χ2v) is 9.11. The lowest BCUT2D eigenvalue weighted by Crippen LogP contribution is -2.41. The van der Waals surface area contributed by atoms with Crippen molar-refractivity contribution in [3.05, 3.63) is 65.0 Å². The second kappa shape index (κ2) is 9.65. The molecule has 32 heavy (non-hydrogen) atoms. The Hall–Kier alpha value is -3.00. The highest BCUT2D eigenvalue weighted by Gasteiger charge is 2.37. The third kappa shape index (κ3) is 4.75. The van der Waals surface area contributed by atoms with E-state index in [1.165, 1.54) is 11.8 Å². The molecule has 8 heteroatoms. The molecule has 2 heterocycles. The molecule has 0 radical (unpaired) electrons. The van der Waals surface area contributed by atoms with Crippen molar-refractivity contribution in [2.75, 3.05) is 17.3 Å². The van der Waals surface area contributed by atoms with Crippen LogP contribution in [-0.2, 0) is 11.2 Å². The molecule has 168 valence electrons. The number of fused-ring (bicyclic) bond motifs is 1. The summed E-state index contributed by atoms with van der Waals surface area (Å²) in [6, 6.07) is 13.7. The zero-order valence-electron chi connectivity index (χ0n) is 18.9. The van der Waals surface area contributed by atoms with Gasteiger partial charge in [0.25, 0.3) is 0 Å². The number of hydrogen-bond donors (Lipinski definition) is 2. The van der Waals surface area contributed by atoms with Crippen LogP contribution in [0.3, 0.4) is 0 Å². The van der Waals surface area contributed by atoms with Gasteiger partial charge in [-0.25, -0.2) is 4.68 Å². The smallest absolute Gasteiger partial charge is 0.240 e. The number of anilines is 1. The summed E-state index contributed by atoms with van der Waals surface area (Å²) in [5.74, 6) is 1.62. The van der Waals surface area contributed by atoms with Crippen molar-refractivity contribution in [3.63, 3.8) is 0 Å². The van der Waals surface area contributed by atoms with Gasteiger partial charge in [0.15, 0.2) is 5.82 Å². The van der Waals surface area contributed by atoms with Crippen LogP contribution in [0.25, 0.3) is 0 Å². The molecular weight excluding hydrogens is 422 g/mol. The highest BCUT2D eigenvalue weighted by Crippen LogP contribution is 2.38. The molecule has 2 aromatic carbocycles. The van der Waals surface area contributed by atoms with E-state index in [2.05, 4.69) is 33.9 Å². The van der Waals surface area contributed by atoms with E-state index in [-0.39, 0.29) is 11.9 Å². The van der Waals surface area contributed by atoms with Gasteiger partial charge in [-0.2, -0.15) is 0 Å². The van der Waals surface area contributed by atoms with Gasteiger partial charge in [-0.1, -0.05) is 36.9 Å². The lowest BCUT2D eigenvalue weighted by molar-refractivity contribution is -0.116. The summed E-state index contributed by atoms with van der Waals surface area (Å²) < 4.78 is 7.52. The zero-order valence-corrected chi connectivity index (χ0v) is 19.7. The Kier molecular flexibility index (Phi) is 6.69. The molecule has 0 aliphatic carbocycles. The molecule has 1 aromatic heterocycles. The maximum Gasteiger partial charge on any atom is 0.240 e. The maximum atomic E-state index is 13.4. The number of carbonyl (C=O) groups is 1. The molecular formula is C24H29N5O2S. The first-order valence-corrected chi connectivity index (χ1v) is 11.9. The fourth-order valence-electron chi connectivity index (χ4n) is 3.93. The number of ether oxygens (including phenoxy) is 1. The van der Waals surface area contributed by atoms with Gasteiger partial charge < -0.3 is 15.5 Å². The molecule has 1 aliphatic heterocycles. The monoisotopic (exact) mass is 451 g/mol. The molecule has 2 unspecified atom stereocenters. The normalized spacial score (nSPS) is 17.4. The number of nitrogens with zero attached hydrogens (tertiary/aromatic N) is 3. The zero-order chi connectivity index (χ0) is 22.7. The van der Waals surface area contributed by atoms with Gasteiger partial charge in [-0.3, -0.25) is 4.79 Å². The summed E-state index contributed by atoms with van der Waals surface area (Å²) in [5.41, 5.74) is 7.54. The average Bonchev–Trinajstić information content (AvgIpc) is 3.15. The van der Waals surface area contributed by atoms with Crippen LogP contribution in [0.5, 0.6) is 5.75 Å². The van der Waals surface area contributed by atoms with Crippen molar-refractivity contribution in [3.8, 4) is 5.75 Å². The standard InChI is InChI=1S/C24H29N5O2S/c1-5-7-20-26-27-24-29(20)28-21(17-8-10-19(11-9-17)31-6-2)22(32-24)23(30)25-18-13-15(3)12-16(4)14-18/h8-14,21-22,28H,5-7H2,1-4H3,(H,25,30). The van der Waals surface area contributed by atoms with Crippen LogP contribution in [0, 0.1) is 13.8 Å². The molecule has 3 aromatic rings. The fourth-order valence-corrected chi connectivity index (χ4v) is 5.03. The maximum absolute atomic E-state index is 13.4. The number of benzene rings is 2. The number of hydrogen-bond acceptors (Lipinski definition) is 6. The number of aromatic nitrogens is 3. The van der Waals surface area contributed by atoms with Crippen molar-refractivity contribution < 1.29 is 9.53 Å². The van der Waals surface area contributed by atoms with E-state index in [4.69, 9.17) is 4.74 Å². The minimum Gasteiger partial charge on any atom is -0.494 e. The highest BCUT2D eigenvalue weighted by atomic mass is 32.2. The first kappa shape index (κ1) is 22.2. The molecule has 0 saturated heterocycles. The van der Waals surface area contributed by atoms with Crippen molar-refractivity contribution in [1.82, 2.24) is 14.9 Å². The van der Waals surface area contributed by atoms with Crippen molar-refractivity contribution in [2.24, 2.45) is 0 Å². The third-order valence-corrected chi connectivity index (χ3v) is 6.49. The van der Waals surface area contributed by atoms with Crippen LogP contribution in [0.2, 0.25) is 0 Å². The molecule has 7 nitrogen and oxygen atoms in total. The van der Waals surface area contributed by atoms with Crippen LogP contribution < -0.4 is 15.5 Å². The van der Waals surface area contributed by atoms with E-state index >= 15 is 0 Å². The molecule has 0 fully saturated rings. The Balaban J connectivity index is 1.65. The second-order valence-electron chi connectivity index (χ2n) is 8.00. The lowest BCUT2D eigenvalue weighted by atomic mass is 10.0. The molecule has 0 bridgehead atoms. The minimum absolute atomic E-state index is 0.0716. The number of amides is 1. The van der Waals surface area contributed by atoms with Gasteiger partial charge in [-0.15, -0.1) is 10.2 Å². The summed E-state index contributed by atoms with van der Waals surface area (Å²) in [4.78, 5) is 13.4. The fraction of sp³-hybridized carbons (Fsp3) is 0.375. The Morgan fingerprint density at radius 3 is 2.50 bits per heavy atom. The molecule has 4 rings (SSSR count). The number of rotatable bonds is 7. The average molecular weight is 452 g/mol. The largest absolute Gasteiger partial charge is 0.494 e. The molecule has 0 saturated carbocycles. The molecule has 1 amide bonds. The molecule has 2 N–H and O–H groups in total. The summed E-state index contributed by atoms with van der Waals surface area (Å²) in [6.45, 7) is 8.74. The Morgan fingerprint density at radius 1 is 1.12 bits per heavy atom. The Labute approximate surface area is 192 Å². The first-order chi connectivity index (χ1) is 15.5. The quantitative estimate of drug-likeness (QED) is 0.545. The third-order valence-electron chi connectivity index (χ3n) is 5.28. The molecule has 0 spiro atoms. The first-order valence-electron chi connectivity index (χ1n) is 11.0.